The number of carbonyl (C=O) groups excluding carboxylic acids is 2. The van der Waals surface area contributed by atoms with Crippen molar-refractivity contribution in [3.05, 3.63) is 71.0 Å². The Morgan fingerprint density at radius 2 is 1.03 bits per heavy atom. The van der Waals surface area contributed by atoms with Gasteiger partial charge in [0.25, 0.3) is 0 Å². The molecule has 0 bridgehead atoms. The number of hydrogen-bond acceptors (Lipinski definition) is 4. The van der Waals surface area contributed by atoms with Crippen LogP contribution in [0.15, 0.2) is 48.5 Å². The second kappa shape index (κ2) is 14.2. The van der Waals surface area contributed by atoms with Crippen molar-refractivity contribution >= 4 is 11.6 Å². The summed E-state index contributed by atoms with van der Waals surface area (Å²) in [5.41, 5.74) is -1.86. The number of ketones is 2. The third-order valence-corrected chi connectivity index (χ3v) is 7.62. The predicted molar refractivity (Wildman–Crippen MR) is 150 cm³/mol. The smallest absolute Gasteiger partial charge is 0.201 e. The number of benzene rings is 2. The van der Waals surface area contributed by atoms with Crippen molar-refractivity contribution in [1.29, 1.82) is 0 Å². The number of halogens is 3. The van der Waals surface area contributed by atoms with Gasteiger partial charge in [0.1, 0.15) is 5.82 Å². The first-order valence-electron chi connectivity index (χ1n) is 14.3. The first kappa shape index (κ1) is 31.0. The van der Waals surface area contributed by atoms with Gasteiger partial charge in [0.15, 0.2) is 11.3 Å². The molecule has 0 saturated carbocycles. The van der Waals surface area contributed by atoms with Gasteiger partial charge in [-0.1, -0.05) is 44.0 Å². The van der Waals surface area contributed by atoms with E-state index in [1.54, 1.807) is 12.1 Å². The zero-order valence-electron chi connectivity index (χ0n) is 23.7. The van der Waals surface area contributed by atoms with Crippen molar-refractivity contribution in [1.82, 2.24) is 9.80 Å². The van der Waals surface area contributed by atoms with E-state index in [-0.39, 0.29) is 18.7 Å². The van der Waals surface area contributed by atoms with Crippen molar-refractivity contribution < 1.29 is 22.8 Å². The topological polar surface area (TPSA) is 40.6 Å². The average molecular weight is 545 g/mol. The molecule has 0 aliphatic carbocycles. The SMILES string of the molecule is CC(F)(CN1CCCCC1)C(=O)c1ccc(F)cc1.CCc1ccc(C(=O)C(C)(F)CN2CCCCC2)cc1. The molecular formula is C32H43F3N2O2. The van der Waals surface area contributed by atoms with Gasteiger partial charge in [-0.15, -0.1) is 0 Å². The van der Waals surface area contributed by atoms with Crippen LogP contribution in [0.25, 0.3) is 0 Å². The zero-order chi connectivity index (χ0) is 28.5. The lowest BCUT2D eigenvalue weighted by Gasteiger charge is -2.31. The summed E-state index contributed by atoms with van der Waals surface area (Å²) in [4.78, 5) is 28.5. The van der Waals surface area contributed by atoms with E-state index in [4.69, 9.17) is 0 Å². The lowest BCUT2D eigenvalue weighted by atomic mass is 9.94. The zero-order valence-corrected chi connectivity index (χ0v) is 23.7. The molecule has 39 heavy (non-hydrogen) atoms. The molecular weight excluding hydrogens is 501 g/mol. The van der Waals surface area contributed by atoms with Crippen molar-refractivity contribution in [3.8, 4) is 0 Å². The molecule has 2 aliphatic heterocycles. The molecule has 4 nitrogen and oxygen atoms in total. The van der Waals surface area contributed by atoms with Crippen LogP contribution < -0.4 is 0 Å². The molecule has 7 heteroatoms. The minimum atomic E-state index is -1.92. The Kier molecular flexibility index (Phi) is 11.3. The Labute approximate surface area is 231 Å². The van der Waals surface area contributed by atoms with Crippen molar-refractivity contribution in [2.75, 3.05) is 39.3 Å². The summed E-state index contributed by atoms with van der Waals surface area (Å²) < 4.78 is 42.1. The van der Waals surface area contributed by atoms with E-state index in [0.29, 0.717) is 5.56 Å². The van der Waals surface area contributed by atoms with Gasteiger partial charge < -0.3 is 0 Å². The van der Waals surface area contributed by atoms with Crippen molar-refractivity contribution in [2.24, 2.45) is 0 Å². The number of alkyl halides is 2. The number of rotatable bonds is 9. The van der Waals surface area contributed by atoms with Gasteiger partial charge in [0.2, 0.25) is 11.6 Å². The monoisotopic (exact) mass is 544 g/mol. The molecule has 0 N–H and O–H groups in total. The molecule has 2 unspecified atom stereocenters. The maximum Gasteiger partial charge on any atom is 0.201 e. The Balaban J connectivity index is 0.000000216. The fourth-order valence-electron chi connectivity index (χ4n) is 5.31. The van der Waals surface area contributed by atoms with Crippen LogP contribution in [0.2, 0.25) is 0 Å². The summed E-state index contributed by atoms with van der Waals surface area (Å²) in [5, 5.41) is 0. The van der Waals surface area contributed by atoms with Gasteiger partial charge in [-0.3, -0.25) is 19.4 Å². The largest absolute Gasteiger partial charge is 0.300 e. The number of hydrogen-bond donors (Lipinski definition) is 0. The van der Waals surface area contributed by atoms with E-state index in [1.807, 2.05) is 17.0 Å². The van der Waals surface area contributed by atoms with E-state index in [1.165, 1.54) is 51.0 Å². The van der Waals surface area contributed by atoms with Crippen LogP contribution in [-0.4, -0.2) is 72.0 Å². The van der Waals surface area contributed by atoms with Gasteiger partial charge >= 0.3 is 0 Å². The molecule has 2 saturated heterocycles. The second-order valence-electron chi connectivity index (χ2n) is 11.3. The lowest BCUT2D eigenvalue weighted by Crippen LogP contribution is -2.45. The van der Waals surface area contributed by atoms with Crippen molar-refractivity contribution in [2.45, 2.75) is 77.1 Å². The van der Waals surface area contributed by atoms with Crippen LogP contribution in [-0.2, 0) is 6.42 Å². The first-order valence-corrected chi connectivity index (χ1v) is 14.3. The van der Waals surface area contributed by atoms with E-state index in [0.717, 1.165) is 63.8 Å². The maximum absolute atomic E-state index is 14.7. The predicted octanol–water partition coefficient (Wildman–Crippen LogP) is 6.87. The third kappa shape index (κ3) is 9.28. The highest BCUT2D eigenvalue weighted by atomic mass is 19.1. The summed E-state index contributed by atoms with van der Waals surface area (Å²) in [6, 6.07) is 12.4. The number of likely N-dealkylation sites (tertiary alicyclic amines) is 2. The summed E-state index contributed by atoms with van der Waals surface area (Å²) >= 11 is 0. The quantitative estimate of drug-likeness (QED) is 0.323. The number of aryl methyl sites for hydroxylation is 1. The molecule has 2 fully saturated rings. The standard InChI is InChI=1S/C17H24FNO.C15H19F2NO/c1-3-14-7-9-15(10-8-14)16(20)17(2,18)13-19-11-5-4-6-12-19;1-15(17,11-18-9-3-2-4-10-18)14(19)12-5-7-13(16)8-6-12/h7-10H,3-6,11-13H2,1-2H3;5-8H,2-4,9-11H2,1H3. The minimum Gasteiger partial charge on any atom is -0.300 e. The first-order chi connectivity index (χ1) is 18.5. The molecule has 2 atom stereocenters. The van der Waals surface area contributed by atoms with E-state index in [2.05, 4.69) is 11.8 Å². The second-order valence-corrected chi connectivity index (χ2v) is 11.3. The van der Waals surface area contributed by atoms with Crippen LogP contribution in [0.1, 0.15) is 85.6 Å². The Hall–Kier alpha value is -2.51. The van der Waals surface area contributed by atoms with Gasteiger partial charge in [-0.2, -0.15) is 0 Å². The lowest BCUT2D eigenvalue weighted by molar-refractivity contribution is 0.0574. The van der Waals surface area contributed by atoms with Gasteiger partial charge in [-0.05, 0) is 102 Å². The van der Waals surface area contributed by atoms with Crippen molar-refractivity contribution in [3.63, 3.8) is 0 Å². The highest BCUT2D eigenvalue weighted by molar-refractivity contribution is 6.02. The Bertz CT molecular complexity index is 1060. The third-order valence-electron chi connectivity index (χ3n) is 7.62. The summed E-state index contributed by atoms with van der Waals surface area (Å²) in [6.45, 7) is 8.61. The summed E-state index contributed by atoms with van der Waals surface area (Å²) in [5.74, 6) is -1.39. The molecule has 2 aliphatic rings. The molecule has 4 rings (SSSR count). The molecule has 2 heterocycles. The fourth-order valence-corrected chi connectivity index (χ4v) is 5.31. The number of piperidine rings is 2. The van der Waals surface area contributed by atoms with Crippen LogP contribution in [0.3, 0.4) is 0 Å². The molecule has 0 radical (unpaired) electrons. The van der Waals surface area contributed by atoms with Crippen LogP contribution in [0.4, 0.5) is 13.2 Å². The summed E-state index contributed by atoms with van der Waals surface area (Å²) in [6.07, 6.45) is 7.64. The van der Waals surface area contributed by atoms with E-state index < -0.39 is 28.7 Å². The Morgan fingerprint density at radius 3 is 1.38 bits per heavy atom. The number of carbonyl (C=O) groups is 2. The Morgan fingerprint density at radius 1 is 0.667 bits per heavy atom. The molecule has 0 aromatic heterocycles. The summed E-state index contributed by atoms with van der Waals surface area (Å²) in [7, 11) is 0. The highest BCUT2D eigenvalue weighted by Crippen LogP contribution is 2.23. The number of Topliss-reactive ketones (excluding diaryl/α,β-unsaturated/α-hetero) is 2. The molecule has 2 aromatic rings. The van der Waals surface area contributed by atoms with Gasteiger partial charge in [-0.25, -0.2) is 13.2 Å². The van der Waals surface area contributed by atoms with Crippen LogP contribution >= 0.6 is 0 Å². The molecule has 214 valence electrons. The molecule has 2 aromatic carbocycles. The van der Waals surface area contributed by atoms with Crippen LogP contribution in [0, 0.1) is 5.82 Å². The maximum atomic E-state index is 14.7. The van der Waals surface area contributed by atoms with Crippen LogP contribution in [0.5, 0.6) is 0 Å². The number of nitrogens with zero attached hydrogens (tertiary/aromatic N) is 2. The average Bonchev–Trinajstić information content (AvgIpc) is 2.94. The molecule has 0 amide bonds. The minimum absolute atomic E-state index is 0.114. The molecule has 0 spiro atoms. The fraction of sp³-hybridized carbons (Fsp3) is 0.562. The normalized spacial score (nSPS) is 19.7. The van der Waals surface area contributed by atoms with E-state index in [9.17, 15) is 22.8 Å². The van der Waals surface area contributed by atoms with Gasteiger partial charge in [0.05, 0.1) is 0 Å². The van der Waals surface area contributed by atoms with Gasteiger partial charge in [0, 0.05) is 24.2 Å². The van der Waals surface area contributed by atoms with E-state index >= 15 is 0 Å². The highest BCUT2D eigenvalue weighted by Gasteiger charge is 2.37.